The molecular formula is C17H34OS. The average molecular weight is 287 g/mol. The molecule has 0 radical (unpaired) electrons. The summed E-state index contributed by atoms with van der Waals surface area (Å²) < 4.78 is 5.27. The lowest BCUT2D eigenvalue weighted by molar-refractivity contribution is 0.325. The second-order valence-corrected chi connectivity index (χ2v) is 5.90. The Labute approximate surface area is 126 Å². The zero-order valence-electron chi connectivity index (χ0n) is 13.2. The number of unbranched alkanes of at least 4 members (excludes halogenated alkanes) is 11. The van der Waals surface area contributed by atoms with Crippen molar-refractivity contribution in [2.75, 3.05) is 6.61 Å². The van der Waals surface area contributed by atoms with Gasteiger partial charge >= 0.3 is 0 Å². The molecule has 0 aromatic heterocycles. The number of hydrogen-bond acceptors (Lipinski definition) is 2. The Kier molecular flexibility index (Phi) is 15.9. The van der Waals surface area contributed by atoms with Gasteiger partial charge in [0, 0.05) is 6.42 Å². The van der Waals surface area contributed by atoms with E-state index in [0.717, 1.165) is 18.1 Å². The Morgan fingerprint density at radius 2 is 1.11 bits per heavy atom. The molecule has 0 aliphatic rings. The van der Waals surface area contributed by atoms with Crippen LogP contribution in [0.2, 0.25) is 0 Å². The van der Waals surface area contributed by atoms with Gasteiger partial charge < -0.3 is 4.74 Å². The fourth-order valence-corrected chi connectivity index (χ4v) is 2.61. The molecule has 0 saturated carbocycles. The highest BCUT2D eigenvalue weighted by Gasteiger charge is 1.97. The lowest BCUT2D eigenvalue weighted by Crippen LogP contribution is -2.00. The van der Waals surface area contributed by atoms with Crippen molar-refractivity contribution in [1.29, 1.82) is 0 Å². The minimum absolute atomic E-state index is 0.719. The highest BCUT2D eigenvalue weighted by atomic mass is 32.1. The summed E-state index contributed by atoms with van der Waals surface area (Å²) in [7, 11) is 0. The monoisotopic (exact) mass is 286 g/mol. The van der Waals surface area contributed by atoms with Gasteiger partial charge in [0.15, 0.2) is 5.05 Å². The lowest BCUT2D eigenvalue weighted by atomic mass is 10.0. The lowest BCUT2D eigenvalue weighted by Gasteiger charge is -2.05. The van der Waals surface area contributed by atoms with Crippen LogP contribution in [0.25, 0.3) is 0 Å². The second-order valence-electron chi connectivity index (χ2n) is 5.44. The van der Waals surface area contributed by atoms with Gasteiger partial charge in [0.2, 0.25) is 0 Å². The van der Waals surface area contributed by atoms with Gasteiger partial charge in [-0.25, -0.2) is 0 Å². The first-order chi connectivity index (χ1) is 9.31. The zero-order valence-corrected chi connectivity index (χ0v) is 14.0. The van der Waals surface area contributed by atoms with Gasteiger partial charge in [-0.1, -0.05) is 77.6 Å². The summed E-state index contributed by atoms with van der Waals surface area (Å²) >= 11 is 5.11. The van der Waals surface area contributed by atoms with Crippen LogP contribution in [0, 0.1) is 0 Å². The summed E-state index contributed by atoms with van der Waals surface area (Å²) in [6.07, 6.45) is 17.7. The van der Waals surface area contributed by atoms with Gasteiger partial charge in [-0.05, 0) is 25.6 Å². The smallest absolute Gasteiger partial charge is 0.159 e. The third-order valence-corrected chi connectivity index (χ3v) is 3.86. The van der Waals surface area contributed by atoms with E-state index in [1.165, 1.54) is 77.0 Å². The SMILES string of the molecule is CCCCCCCCCCCCCCC(=S)OCC. The van der Waals surface area contributed by atoms with Crippen LogP contribution in [0.1, 0.15) is 97.3 Å². The van der Waals surface area contributed by atoms with Gasteiger partial charge in [-0.2, -0.15) is 0 Å². The molecule has 0 fully saturated rings. The Balaban J connectivity index is 3.01. The largest absolute Gasteiger partial charge is 0.487 e. The maximum atomic E-state index is 5.27. The molecule has 0 aliphatic heterocycles. The van der Waals surface area contributed by atoms with Crippen molar-refractivity contribution in [3.8, 4) is 0 Å². The van der Waals surface area contributed by atoms with Crippen LogP contribution < -0.4 is 0 Å². The van der Waals surface area contributed by atoms with Crippen LogP contribution in [-0.2, 0) is 4.74 Å². The molecule has 0 N–H and O–H groups in total. The Hall–Kier alpha value is -0.110. The quantitative estimate of drug-likeness (QED) is 0.268. The van der Waals surface area contributed by atoms with E-state index in [1.54, 1.807) is 0 Å². The van der Waals surface area contributed by atoms with Crippen LogP contribution in [-0.4, -0.2) is 11.7 Å². The van der Waals surface area contributed by atoms with Crippen LogP contribution >= 0.6 is 12.2 Å². The number of thiocarbonyl (C=S) groups is 1. The van der Waals surface area contributed by atoms with Gasteiger partial charge in [0.25, 0.3) is 0 Å². The molecule has 114 valence electrons. The molecule has 0 bridgehead atoms. The van der Waals surface area contributed by atoms with E-state index in [-0.39, 0.29) is 0 Å². The van der Waals surface area contributed by atoms with Crippen molar-refractivity contribution in [2.24, 2.45) is 0 Å². The Morgan fingerprint density at radius 1 is 0.684 bits per heavy atom. The van der Waals surface area contributed by atoms with E-state index in [9.17, 15) is 0 Å². The summed E-state index contributed by atoms with van der Waals surface area (Å²) in [6.45, 7) is 4.99. The first-order valence-electron chi connectivity index (χ1n) is 8.46. The molecule has 0 aromatic rings. The van der Waals surface area contributed by atoms with E-state index < -0.39 is 0 Å². The fraction of sp³-hybridized carbons (Fsp3) is 0.941. The van der Waals surface area contributed by atoms with Gasteiger partial charge in [-0.3, -0.25) is 0 Å². The van der Waals surface area contributed by atoms with Gasteiger partial charge in [0.05, 0.1) is 6.61 Å². The molecule has 0 heterocycles. The molecule has 0 amide bonds. The zero-order chi connectivity index (χ0) is 14.2. The predicted octanol–water partition coefficient (Wildman–Crippen LogP) is 6.44. The standard InChI is InChI=1S/C17H34OS/c1-3-5-6-7-8-9-10-11-12-13-14-15-16-17(19)18-4-2/h3-16H2,1-2H3. The van der Waals surface area contributed by atoms with E-state index in [4.69, 9.17) is 17.0 Å². The number of rotatable bonds is 14. The summed E-state index contributed by atoms with van der Waals surface area (Å²) in [6, 6.07) is 0. The molecule has 19 heavy (non-hydrogen) atoms. The highest BCUT2D eigenvalue weighted by molar-refractivity contribution is 7.80. The molecule has 0 aromatic carbocycles. The molecule has 0 saturated heterocycles. The first-order valence-corrected chi connectivity index (χ1v) is 8.87. The maximum Gasteiger partial charge on any atom is 0.159 e. The van der Waals surface area contributed by atoms with E-state index in [0.29, 0.717) is 0 Å². The van der Waals surface area contributed by atoms with E-state index in [2.05, 4.69) is 6.92 Å². The normalized spacial score (nSPS) is 10.6. The van der Waals surface area contributed by atoms with Crippen molar-refractivity contribution in [1.82, 2.24) is 0 Å². The summed E-state index contributed by atoms with van der Waals surface area (Å²) in [5.41, 5.74) is 0. The summed E-state index contributed by atoms with van der Waals surface area (Å²) in [5, 5.41) is 0.801. The van der Waals surface area contributed by atoms with Crippen LogP contribution in [0.3, 0.4) is 0 Å². The summed E-state index contributed by atoms with van der Waals surface area (Å²) in [5.74, 6) is 0. The third-order valence-electron chi connectivity index (χ3n) is 3.54. The maximum absolute atomic E-state index is 5.27. The van der Waals surface area contributed by atoms with Gasteiger partial charge in [-0.15, -0.1) is 0 Å². The molecule has 0 unspecified atom stereocenters. The Bertz CT molecular complexity index is 192. The third kappa shape index (κ3) is 15.8. The highest BCUT2D eigenvalue weighted by Crippen LogP contribution is 2.12. The van der Waals surface area contributed by atoms with Crippen LogP contribution in [0.15, 0.2) is 0 Å². The van der Waals surface area contributed by atoms with Gasteiger partial charge in [0.1, 0.15) is 0 Å². The molecule has 0 rings (SSSR count). The molecule has 0 spiro atoms. The topological polar surface area (TPSA) is 9.23 Å². The number of hydrogen-bond donors (Lipinski definition) is 0. The molecule has 1 nitrogen and oxygen atoms in total. The Morgan fingerprint density at radius 3 is 1.53 bits per heavy atom. The fourth-order valence-electron chi connectivity index (χ4n) is 2.34. The van der Waals surface area contributed by atoms with Crippen molar-refractivity contribution >= 4 is 17.3 Å². The van der Waals surface area contributed by atoms with Crippen molar-refractivity contribution in [3.63, 3.8) is 0 Å². The van der Waals surface area contributed by atoms with E-state index in [1.807, 2.05) is 6.92 Å². The predicted molar refractivity (Wildman–Crippen MR) is 89.9 cm³/mol. The molecule has 2 heteroatoms. The summed E-state index contributed by atoms with van der Waals surface area (Å²) in [4.78, 5) is 0. The molecule has 0 atom stereocenters. The minimum Gasteiger partial charge on any atom is -0.487 e. The minimum atomic E-state index is 0.719. The van der Waals surface area contributed by atoms with Crippen molar-refractivity contribution in [3.05, 3.63) is 0 Å². The number of ether oxygens (including phenoxy) is 1. The average Bonchev–Trinajstić information content (AvgIpc) is 2.40. The van der Waals surface area contributed by atoms with Crippen molar-refractivity contribution in [2.45, 2.75) is 97.3 Å². The molecule has 0 aliphatic carbocycles. The molecular weight excluding hydrogens is 252 g/mol. The second kappa shape index (κ2) is 15.9. The van der Waals surface area contributed by atoms with Crippen LogP contribution in [0.5, 0.6) is 0 Å². The van der Waals surface area contributed by atoms with E-state index >= 15 is 0 Å². The van der Waals surface area contributed by atoms with Crippen LogP contribution in [0.4, 0.5) is 0 Å². The van der Waals surface area contributed by atoms with Crippen molar-refractivity contribution < 1.29 is 4.74 Å². The first kappa shape index (κ1) is 18.9.